The molecule has 4 rings (SSSR count). The fourth-order valence-corrected chi connectivity index (χ4v) is 5.02. The second-order valence-electron chi connectivity index (χ2n) is 6.19. The lowest BCUT2D eigenvalue weighted by atomic mass is 10.3. The molecule has 1 aliphatic heterocycles. The lowest BCUT2D eigenvalue weighted by Gasteiger charge is -2.33. The van der Waals surface area contributed by atoms with Crippen LogP contribution in [0.25, 0.3) is 11.1 Å². The summed E-state index contributed by atoms with van der Waals surface area (Å²) in [5.41, 5.74) is 1.60. The summed E-state index contributed by atoms with van der Waals surface area (Å²) in [5.74, 6) is 0.647. The van der Waals surface area contributed by atoms with Crippen LogP contribution in [0.5, 0.6) is 0 Å². The maximum absolute atomic E-state index is 12.8. The number of oxazole rings is 1. The zero-order valence-electron chi connectivity index (χ0n) is 14.0. The minimum absolute atomic E-state index is 0.161. The van der Waals surface area contributed by atoms with Gasteiger partial charge in [0.1, 0.15) is 10.4 Å². The standard InChI is InChI=1S/C18H18ClN3O3S/c19-14-5-1-4-8-17(14)26(23,24)22-11-9-21(10-12-22)13-18-20-15-6-2-3-7-16(15)25-18/h1-8H,9-13H2. The average molecular weight is 392 g/mol. The SMILES string of the molecule is O=S(=O)(c1ccccc1Cl)N1CCN(Cc2nc3ccccc3o2)CC1. The number of sulfonamides is 1. The molecule has 0 unspecified atom stereocenters. The molecular weight excluding hydrogens is 374 g/mol. The first-order chi connectivity index (χ1) is 12.5. The predicted molar refractivity (Wildman–Crippen MR) is 99.5 cm³/mol. The first kappa shape index (κ1) is 17.5. The summed E-state index contributed by atoms with van der Waals surface area (Å²) in [6, 6.07) is 14.2. The third-order valence-corrected chi connectivity index (χ3v) is 6.88. The Bertz CT molecular complexity index is 994. The van der Waals surface area contributed by atoms with Crippen molar-refractivity contribution in [3.63, 3.8) is 0 Å². The Morgan fingerprint density at radius 1 is 1.00 bits per heavy atom. The van der Waals surface area contributed by atoms with Crippen molar-refractivity contribution in [3.05, 3.63) is 59.4 Å². The Kier molecular flexibility index (Phi) is 4.71. The number of nitrogens with zero attached hydrogens (tertiary/aromatic N) is 3. The van der Waals surface area contributed by atoms with E-state index in [9.17, 15) is 8.42 Å². The highest BCUT2D eigenvalue weighted by atomic mass is 35.5. The van der Waals surface area contributed by atoms with Gasteiger partial charge in [0.05, 0.1) is 11.6 Å². The summed E-state index contributed by atoms with van der Waals surface area (Å²) >= 11 is 6.07. The van der Waals surface area contributed by atoms with E-state index in [1.807, 2.05) is 24.3 Å². The third kappa shape index (κ3) is 3.35. The molecule has 0 aliphatic carbocycles. The molecule has 0 atom stereocenters. The van der Waals surface area contributed by atoms with Crippen molar-refractivity contribution in [3.8, 4) is 0 Å². The Hall–Kier alpha value is -1.93. The molecule has 2 aromatic carbocycles. The van der Waals surface area contributed by atoms with E-state index in [0.29, 0.717) is 38.6 Å². The van der Waals surface area contributed by atoms with Crippen LogP contribution < -0.4 is 0 Å². The minimum atomic E-state index is -3.57. The van der Waals surface area contributed by atoms with Crippen LogP contribution in [0, 0.1) is 0 Å². The molecule has 8 heteroatoms. The molecule has 136 valence electrons. The Balaban J connectivity index is 1.43. The monoisotopic (exact) mass is 391 g/mol. The molecule has 0 N–H and O–H groups in total. The molecule has 1 aliphatic rings. The van der Waals surface area contributed by atoms with Gasteiger partial charge in [-0.2, -0.15) is 4.31 Å². The third-order valence-electron chi connectivity index (χ3n) is 4.48. The van der Waals surface area contributed by atoms with Gasteiger partial charge >= 0.3 is 0 Å². The van der Waals surface area contributed by atoms with Crippen LogP contribution in [0.3, 0.4) is 0 Å². The van der Waals surface area contributed by atoms with E-state index in [1.165, 1.54) is 4.31 Å². The molecule has 0 bridgehead atoms. The lowest BCUT2D eigenvalue weighted by molar-refractivity contribution is 0.169. The lowest BCUT2D eigenvalue weighted by Crippen LogP contribution is -2.48. The van der Waals surface area contributed by atoms with Gasteiger partial charge in [-0.3, -0.25) is 4.90 Å². The predicted octanol–water partition coefficient (Wildman–Crippen LogP) is 2.99. The fraction of sp³-hybridized carbons (Fsp3) is 0.278. The van der Waals surface area contributed by atoms with Gasteiger partial charge in [-0.05, 0) is 24.3 Å². The largest absolute Gasteiger partial charge is 0.439 e. The van der Waals surface area contributed by atoms with Crippen LogP contribution in [-0.4, -0.2) is 48.8 Å². The van der Waals surface area contributed by atoms with Crippen molar-refractivity contribution < 1.29 is 12.8 Å². The van der Waals surface area contributed by atoms with Gasteiger partial charge < -0.3 is 4.42 Å². The van der Waals surface area contributed by atoms with Gasteiger partial charge in [-0.25, -0.2) is 13.4 Å². The van der Waals surface area contributed by atoms with E-state index < -0.39 is 10.0 Å². The molecule has 26 heavy (non-hydrogen) atoms. The van der Waals surface area contributed by atoms with E-state index in [2.05, 4.69) is 9.88 Å². The molecule has 0 saturated carbocycles. The zero-order valence-corrected chi connectivity index (χ0v) is 15.6. The molecule has 1 aromatic heterocycles. The normalized spacial score (nSPS) is 17.0. The van der Waals surface area contributed by atoms with Gasteiger partial charge in [0.2, 0.25) is 15.9 Å². The number of piperazine rings is 1. The highest BCUT2D eigenvalue weighted by molar-refractivity contribution is 7.89. The van der Waals surface area contributed by atoms with Crippen LogP contribution in [0.2, 0.25) is 5.02 Å². The van der Waals surface area contributed by atoms with E-state index >= 15 is 0 Å². The summed E-state index contributed by atoms with van der Waals surface area (Å²) in [6.07, 6.45) is 0. The number of benzene rings is 2. The van der Waals surface area contributed by atoms with Crippen LogP contribution >= 0.6 is 11.6 Å². The Labute approximate surface area is 157 Å². The number of hydrogen-bond donors (Lipinski definition) is 0. The van der Waals surface area contributed by atoms with Gasteiger partial charge in [0.15, 0.2) is 5.58 Å². The van der Waals surface area contributed by atoms with Gasteiger partial charge in [-0.1, -0.05) is 35.9 Å². The van der Waals surface area contributed by atoms with Crippen molar-refractivity contribution in [1.29, 1.82) is 0 Å². The number of halogens is 1. The van der Waals surface area contributed by atoms with Crippen LogP contribution in [0.1, 0.15) is 5.89 Å². The molecule has 0 radical (unpaired) electrons. The van der Waals surface area contributed by atoms with E-state index in [0.717, 1.165) is 11.1 Å². The molecule has 2 heterocycles. The van der Waals surface area contributed by atoms with E-state index in [4.69, 9.17) is 16.0 Å². The molecule has 1 saturated heterocycles. The number of aromatic nitrogens is 1. The van der Waals surface area contributed by atoms with Crippen molar-refractivity contribution in [2.45, 2.75) is 11.4 Å². The summed E-state index contributed by atoms with van der Waals surface area (Å²) in [5, 5.41) is 0.251. The van der Waals surface area contributed by atoms with Gasteiger partial charge in [-0.15, -0.1) is 0 Å². The first-order valence-electron chi connectivity index (χ1n) is 8.35. The fourth-order valence-electron chi connectivity index (χ4n) is 3.10. The second-order valence-corrected chi connectivity index (χ2v) is 8.50. The molecule has 1 fully saturated rings. The Morgan fingerprint density at radius 2 is 1.69 bits per heavy atom. The van der Waals surface area contributed by atoms with Gasteiger partial charge in [0, 0.05) is 26.2 Å². The van der Waals surface area contributed by atoms with Gasteiger partial charge in [0.25, 0.3) is 0 Å². The van der Waals surface area contributed by atoms with Crippen molar-refractivity contribution in [2.75, 3.05) is 26.2 Å². The molecule has 6 nitrogen and oxygen atoms in total. The van der Waals surface area contributed by atoms with E-state index in [-0.39, 0.29) is 9.92 Å². The molecular formula is C18H18ClN3O3S. The van der Waals surface area contributed by atoms with Crippen molar-refractivity contribution >= 4 is 32.7 Å². The summed E-state index contributed by atoms with van der Waals surface area (Å²) in [4.78, 5) is 6.78. The highest BCUT2D eigenvalue weighted by Crippen LogP contribution is 2.25. The summed E-state index contributed by atoms with van der Waals surface area (Å²) < 4.78 is 32.8. The zero-order chi connectivity index (χ0) is 18.1. The number of para-hydroxylation sites is 2. The first-order valence-corrected chi connectivity index (χ1v) is 10.2. The highest BCUT2D eigenvalue weighted by Gasteiger charge is 2.30. The number of rotatable bonds is 4. The maximum atomic E-state index is 12.8. The smallest absolute Gasteiger partial charge is 0.244 e. The topological polar surface area (TPSA) is 66.7 Å². The van der Waals surface area contributed by atoms with Crippen LogP contribution in [0.15, 0.2) is 57.8 Å². The average Bonchev–Trinajstić information content (AvgIpc) is 3.04. The molecule has 0 amide bonds. The van der Waals surface area contributed by atoms with Crippen molar-refractivity contribution in [1.82, 2.24) is 14.2 Å². The number of hydrogen-bond acceptors (Lipinski definition) is 5. The molecule has 3 aromatic rings. The summed E-state index contributed by atoms with van der Waals surface area (Å²) in [7, 11) is -3.57. The number of fused-ring (bicyclic) bond motifs is 1. The minimum Gasteiger partial charge on any atom is -0.439 e. The summed E-state index contributed by atoms with van der Waals surface area (Å²) in [6.45, 7) is 2.61. The maximum Gasteiger partial charge on any atom is 0.244 e. The van der Waals surface area contributed by atoms with Crippen molar-refractivity contribution in [2.24, 2.45) is 0 Å². The Morgan fingerprint density at radius 3 is 2.42 bits per heavy atom. The molecule has 0 spiro atoms. The van der Waals surface area contributed by atoms with E-state index in [1.54, 1.807) is 24.3 Å². The second kappa shape index (κ2) is 7.00. The van der Waals surface area contributed by atoms with Crippen LogP contribution in [0.4, 0.5) is 0 Å². The van der Waals surface area contributed by atoms with Crippen LogP contribution in [-0.2, 0) is 16.6 Å². The quantitative estimate of drug-likeness (QED) is 0.684.